The fraction of sp³-hybridized carbons (Fsp3) is 0. The molecule has 2 heterocycles. The third kappa shape index (κ3) is 1.51. The number of hydrogen-bond acceptors (Lipinski definition) is 3. The summed E-state index contributed by atoms with van der Waals surface area (Å²) in [5.41, 5.74) is 0.952. The Balaban J connectivity index is 2.58. The van der Waals surface area contributed by atoms with E-state index in [1.54, 1.807) is 11.3 Å². The lowest BCUT2D eigenvalue weighted by molar-refractivity contribution is 1.23. The molecule has 0 bridgehead atoms. The molecule has 15 heavy (non-hydrogen) atoms. The largest absolute Gasteiger partial charge is 0.235 e. The summed E-state index contributed by atoms with van der Waals surface area (Å²) < 4.78 is 3.37. The maximum atomic E-state index is 6.03. The molecule has 0 amide bonds. The van der Waals surface area contributed by atoms with Gasteiger partial charge in [-0.15, -0.1) is 11.3 Å². The van der Waals surface area contributed by atoms with Crippen molar-refractivity contribution in [1.29, 1.82) is 0 Å². The van der Waals surface area contributed by atoms with E-state index in [0.29, 0.717) is 5.15 Å². The number of thiophene rings is 1. The quantitative estimate of drug-likeness (QED) is 0.452. The Morgan fingerprint density at radius 2 is 2.13 bits per heavy atom. The van der Waals surface area contributed by atoms with Gasteiger partial charge in [-0.25, -0.2) is 9.97 Å². The lowest BCUT2D eigenvalue weighted by Crippen LogP contribution is -1.78. The van der Waals surface area contributed by atoms with Gasteiger partial charge in [-0.2, -0.15) is 0 Å². The Bertz CT molecular complexity index is 665. The number of aromatic nitrogens is 2. The van der Waals surface area contributed by atoms with Gasteiger partial charge in [0.2, 0.25) is 0 Å². The van der Waals surface area contributed by atoms with Crippen molar-refractivity contribution < 1.29 is 0 Å². The highest BCUT2D eigenvalue weighted by Gasteiger charge is 2.09. The number of fused-ring (bicyclic) bond motifs is 3. The van der Waals surface area contributed by atoms with Crippen LogP contribution in [0.25, 0.3) is 20.3 Å². The highest BCUT2D eigenvalue weighted by molar-refractivity contribution is 14.1. The maximum absolute atomic E-state index is 6.03. The van der Waals surface area contributed by atoms with Crippen LogP contribution >= 0.6 is 45.5 Å². The van der Waals surface area contributed by atoms with E-state index in [1.807, 2.05) is 0 Å². The predicted octanol–water partition coefficient (Wildman–Crippen LogP) is 4.10. The molecule has 2 nitrogen and oxygen atoms in total. The van der Waals surface area contributed by atoms with Crippen LogP contribution in [0, 0.1) is 3.57 Å². The fourth-order valence-corrected chi connectivity index (χ4v) is 3.28. The highest BCUT2D eigenvalue weighted by Crippen LogP contribution is 2.35. The third-order valence-corrected chi connectivity index (χ3v) is 4.41. The molecule has 0 radical (unpaired) electrons. The minimum atomic E-state index is 0.538. The number of nitrogens with zero attached hydrogens (tertiary/aromatic N) is 2. The zero-order valence-corrected chi connectivity index (χ0v) is 11.1. The Hall–Kier alpha value is -0.460. The molecule has 1 aromatic carbocycles. The van der Waals surface area contributed by atoms with Gasteiger partial charge in [0, 0.05) is 13.7 Å². The third-order valence-electron chi connectivity index (χ3n) is 2.17. The van der Waals surface area contributed by atoms with E-state index in [0.717, 1.165) is 15.6 Å². The average molecular weight is 347 g/mol. The van der Waals surface area contributed by atoms with Crippen LogP contribution in [0.1, 0.15) is 0 Å². The van der Waals surface area contributed by atoms with Crippen LogP contribution in [0.5, 0.6) is 0 Å². The second-order valence-corrected chi connectivity index (χ2v) is 5.74. The Labute approximate surface area is 108 Å². The molecule has 2 aromatic heterocycles. The highest BCUT2D eigenvalue weighted by atomic mass is 127. The van der Waals surface area contributed by atoms with E-state index in [1.165, 1.54) is 14.6 Å². The van der Waals surface area contributed by atoms with E-state index in [9.17, 15) is 0 Å². The van der Waals surface area contributed by atoms with Crippen LogP contribution in [0.15, 0.2) is 24.5 Å². The molecule has 0 aliphatic rings. The van der Waals surface area contributed by atoms with Gasteiger partial charge in [0.25, 0.3) is 0 Å². The van der Waals surface area contributed by atoms with Gasteiger partial charge in [-0.3, -0.25) is 0 Å². The summed E-state index contributed by atoms with van der Waals surface area (Å²) in [6.45, 7) is 0. The molecule has 0 atom stereocenters. The minimum Gasteiger partial charge on any atom is -0.235 e. The number of benzene rings is 1. The summed E-state index contributed by atoms with van der Waals surface area (Å²) in [6.07, 6.45) is 1.51. The Morgan fingerprint density at radius 1 is 1.27 bits per heavy atom. The zero-order valence-electron chi connectivity index (χ0n) is 7.37. The van der Waals surface area contributed by atoms with Crippen molar-refractivity contribution in [3.8, 4) is 0 Å². The molecule has 0 fully saturated rings. The van der Waals surface area contributed by atoms with E-state index in [2.05, 4.69) is 50.8 Å². The van der Waals surface area contributed by atoms with Crippen molar-refractivity contribution in [3.05, 3.63) is 33.2 Å². The lowest BCUT2D eigenvalue weighted by atomic mass is 10.2. The second kappa shape index (κ2) is 3.54. The van der Waals surface area contributed by atoms with Gasteiger partial charge in [-0.1, -0.05) is 11.6 Å². The molecule has 74 valence electrons. The van der Waals surface area contributed by atoms with E-state index in [4.69, 9.17) is 11.6 Å². The van der Waals surface area contributed by atoms with E-state index >= 15 is 0 Å². The van der Waals surface area contributed by atoms with Crippen LogP contribution < -0.4 is 0 Å². The molecule has 3 rings (SSSR count). The smallest absolute Gasteiger partial charge is 0.150 e. The predicted molar refractivity (Wildman–Crippen MR) is 72.6 cm³/mol. The molecule has 0 aliphatic heterocycles. The Kier molecular flexibility index (Phi) is 2.30. The summed E-state index contributed by atoms with van der Waals surface area (Å²) in [5.74, 6) is 0. The van der Waals surface area contributed by atoms with Crippen LogP contribution in [0.4, 0.5) is 0 Å². The fourth-order valence-electron chi connectivity index (χ4n) is 1.52. The van der Waals surface area contributed by atoms with Crippen molar-refractivity contribution in [1.82, 2.24) is 9.97 Å². The molecular weight excluding hydrogens is 343 g/mol. The average Bonchev–Trinajstić information content (AvgIpc) is 2.58. The number of hydrogen-bond donors (Lipinski definition) is 0. The zero-order chi connectivity index (χ0) is 10.4. The van der Waals surface area contributed by atoms with Crippen molar-refractivity contribution in [2.24, 2.45) is 0 Å². The van der Waals surface area contributed by atoms with Gasteiger partial charge in [-0.05, 0) is 40.8 Å². The van der Waals surface area contributed by atoms with Crippen molar-refractivity contribution in [2.75, 3.05) is 0 Å². The van der Waals surface area contributed by atoms with E-state index < -0.39 is 0 Å². The molecular formula is C10H4ClIN2S. The molecule has 0 unspecified atom stereocenters. The van der Waals surface area contributed by atoms with Gasteiger partial charge in [0.15, 0.2) is 0 Å². The SMILES string of the molecule is Clc1ncnc2c1sc1ccc(I)cc12. The summed E-state index contributed by atoms with van der Waals surface area (Å²) >= 11 is 9.96. The summed E-state index contributed by atoms with van der Waals surface area (Å²) in [6, 6.07) is 6.30. The monoisotopic (exact) mass is 346 g/mol. The minimum absolute atomic E-state index is 0.538. The van der Waals surface area contributed by atoms with Crippen molar-refractivity contribution in [2.45, 2.75) is 0 Å². The van der Waals surface area contributed by atoms with Crippen LogP contribution in [0.3, 0.4) is 0 Å². The second-order valence-electron chi connectivity index (χ2n) is 3.08. The van der Waals surface area contributed by atoms with Crippen LogP contribution in [-0.4, -0.2) is 9.97 Å². The first kappa shape index (κ1) is 9.74. The van der Waals surface area contributed by atoms with Gasteiger partial charge >= 0.3 is 0 Å². The molecule has 0 saturated carbocycles. The Morgan fingerprint density at radius 3 is 3.00 bits per heavy atom. The summed E-state index contributed by atoms with van der Waals surface area (Å²) in [7, 11) is 0. The summed E-state index contributed by atoms with van der Waals surface area (Å²) in [5, 5.41) is 1.70. The standard InChI is InChI=1S/C10H4ClIN2S/c11-10-9-8(13-4-14-10)6-3-5(12)1-2-7(6)15-9/h1-4H. The van der Waals surface area contributed by atoms with Crippen LogP contribution in [-0.2, 0) is 0 Å². The first-order chi connectivity index (χ1) is 7.25. The topological polar surface area (TPSA) is 25.8 Å². The molecule has 0 spiro atoms. The number of halogens is 2. The van der Waals surface area contributed by atoms with Crippen molar-refractivity contribution >= 4 is 65.8 Å². The van der Waals surface area contributed by atoms with Gasteiger partial charge < -0.3 is 0 Å². The molecule has 0 aliphatic carbocycles. The first-order valence-electron chi connectivity index (χ1n) is 4.24. The molecule has 5 heteroatoms. The van der Waals surface area contributed by atoms with Crippen LogP contribution in [0.2, 0.25) is 5.15 Å². The van der Waals surface area contributed by atoms with Crippen molar-refractivity contribution in [3.63, 3.8) is 0 Å². The number of rotatable bonds is 0. The summed E-state index contributed by atoms with van der Waals surface area (Å²) in [4.78, 5) is 8.27. The van der Waals surface area contributed by atoms with Gasteiger partial charge in [0.05, 0.1) is 10.2 Å². The molecule has 0 saturated heterocycles. The first-order valence-corrected chi connectivity index (χ1v) is 6.51. The molecule has 3 aromatic rings. The maximum Gasteiger partial charge on any atom is 0.150 e. The molecule has 0 N–H and O–H groups in total. The normalized spacial score (nSPS) is 11.3. The van der Waals surface area contributed by atoms with Gasteiger partial charge in [0.1, 0.15) is 11.5 Å². The lowest BCUT2D eigenvalue weighted by Gasteiger charge is -1.92. The van der Waals surface area contributed by atoms with E-state index in [-0.39, 0.29) is 0 Å².